The number of amides is 2. The van der Waals surface area contributed by atoms with E-state index in [4.69, 9.17) is 11.5 Å². The van der Waals surface area contributed by atoms with Crippen LogP contribution in [0.25, 0.3) is 0 Å². The SMILES string of the molecule is C#CC(C)(C)NC(=O)Nc1ccc(Br)cc1C(=O)O. The quantitative estimate of drug-likeness (QED) is 0.748. The maximum absolute atomic E-state index is 11.7. The molecule has 0 fully saturated rings. The van der Waals surface area contributed by atoms with Gasteiger partial charge >= 0.3 is 12.0 Å². The van der Waals surface area contributed by atoms with Crippen LogP contribution in [-0.4, -0.2) is 22.6 Å². The molecule has 0 aliphatic heterocycles. The molecule has 0 unspecified atom stereocenters. The lowest BCUT2D eigenvalue weighted by Crippen LogP contribution is -2.44. The van der Waals surface area contributed by atoms with Crippen molar-refractivity contribution in [2.24, 2.45) is 0 Å². The van der Waals surface area contributed by atoms with Gasteiger partial charge in [-0.25, -0.2) is 9.59 Å². The highest BCUT2D eigenvalue weighted by Crippen LogP contribution is 2.21. The van der Waals surface area contributed by atoms with Gasteiger partial charge in [0.1, 0.15) is 0 Å². The summed E-state index contributed by atoms with van der Waals surface area (Å²) in [5.41, 5.74) is -0.632. The number of rotatable bonds is 3. The number of benzene rings is 1. The molecular formula is C13H13BrN2O3. The number of carboxylic acid groups (broad SMARTS) is 1. The summed E-state index contributed by atoms with van der Waals surface area (Å²) in [6, 6.07) is 3.97. The number of halogens is 1. The Morgan fingerprint density at radius 3 is 2.58 bits per heavy atom. The van der Waals surface area contributed by atoms with Gasteiger partial charge in [-0.2, -0.15) is 0 Å². The Kier molecular flexibility index (Phi) is 4.57. The zero-order valence-electron chi connectivity index (χ0n) is 10.5. The van der Waals surface area contributed by atoms with E-state index in [1.165, 1.54) is 12.1 Å². The van der Waals surface area contributed by atoms with Crippen LogP contribution in [0.4, 0.5) is 10.5 Å². The van der Waals surface area contributed by atoms with E-state index in [1.807, 2.05) is 0 Å². The highest BCUT2D eigenvalue weighted by atomic mass is 79.9. The first-order valence-electron chi connectivity index (χ1n) is 5.35. The molecule has 0 aliphatic carbocycles. The molecule has 100 valence electrons. The van der Waals surface area contributed by atoms with Crippen LogP contribution < -0.4 is 10.6 Å². The second kappa shape index (κ2) is 5.76. The van der Waals surface area contributed by atoms with E-state index in [0.717, 1.165) is 0 Å². The molecule has 1 aromatic carbocycles. The normalized spacial score (nSPS) is 10.4. The van der Waals surface area contributed by atoms with Gasteiger partial charge in [0.25, 0.3) is 0 Å². The number of urea groups is 1. The van der Waals surface area contributed by atoms with Crippen LogP contribution in [0.3, 0.4) is 0 Å². The van der Waals surface area contributed by atoms with Gasteiger partial charge in [0, 0.05) is 4.47 Å². The Bertz CT molecular complexity index is 561. The Balaban J connectivity index is 2.92. The summed E-state index contributed by atoms with van der Waals surface area (Å²) >= 11 is 3.17. The third kappa shape index (κ3) is 4.30. The molecule has 2 amide bonds. The summed E-state index contributed by atoms with van der Waals surface area (Å²) in [6.45, 7) is 3.32. The van der Waals surface area contributed by atoms with Crippen molar-refractivity contribution in [3.63, 3.8) is 0 Å². The van der Waals surface area contributed by atoms with E-state index >= 15 is 0 Å². The van der Waals surface area contributed by atoms with E-state index in [9.17, 15) is 9.59 Å². The van der Waals surface area contributed by atoms with Gasteiger partial charge in [-0.05, 0) is 32.0 Å². The number of carbonyl (C=O) groups excluding carboxylic acids is 1. The van der Waals surface area contributed by atoms with E-state index in [1.54, 1.807) is 19.9 Å². The van der Waals surface area contributed by atoms with E-state index < -0.39 is 17.5 Å². The first-order chi connectivity index (χ1) is 8.75. The molecule has 6 heteroatoms. The highest BCUT2D eigenvalue weighted by Gasteiger charge is 2.18. The Morgan fingerprint density at radius 1 is 1.42 bits per heavy atom. The maximum atomic E-state index is 11.7. The molecule has 1 rings (SSSR count). The fourth-order valence-corrected chi connectivity index (χ4v) is 1.64. The van der Waals surface area contributed by atoms with Crippen LogP contribution in [0.1, 0.15) is 24.2 Å². The molecule has 19 heavy (non-hydrogen) atoms. The second-order valence-corrected chi connectivity index (χ2v) is 5.26. The minimum Gasteiger partial charge on any atom is -0.478 e. The third-order valence-electron chi connectivity index (χ3n) is 2.25. The zero-order valence-corrected chi connectivity index (χ0v) is 12.0. The summed E-state index contributed by atoms with van der Waals surface area (Å²) in [5, 5.41) is 14.1. The lowest BCUT2D eigenvalue weighted by Gasteiger charge is -2.20. The molecule has 0 aliphatic rings. The topological polar surface area (TPSA) is 78.4 Å². The smallest absolute Gasteiger partial charge is 0.337 e. The number of carbonyl (C=O) groups is 2. The average molecular weight is 325 g/mol. The minimum absolute atomic E-state index is 0.0111. The molecule has 1 aromatic rings. The summed E-state index contributed by atoms with van der Waals surface area (Å²) in [5.74, 6) is 1.28. The fourth-order valence-electron chi connectivity index (χ4n) is 1.28. The molecule has 0 saturated carbocycles. The number of carboxylic acids is 1. The van der Waals surface area contributed by atoms with Crippen molar-refractivity contribution in [1.82, 2.24) is 5.32 Å². The van der Waals surface area contributed by atoms with Crippen molar-refractivity contribution in [2.45, 2.75) is 19.4 Å². The first kappa shape index (κ1) is 15.1. The number of aromatic carboxylic acids is 1. The van der Waals surface area contributed by atoms with Gasteiger partial charge in [0.2, 0.25) is 0 Å². The van der Waals surface area contributed by atoms with Crippen LogP contribution >= 0.6 is 15.9 Å². The monoisotopic (exact) mass is 324 g/mol. The summed E-state index contributed by atoms with van der Waals surface area (Å²) in [4.78, 5) is 22.8. The Morgan fingerprint density at radius 2 is 2.05 bits per heavy atom. The standard InChI is InChI=1S/C13H13BrN2O3/c1-4-13(2,3)16-12(19)15-10-6-5-8(14)7-9(10)11(17)18/h1,5-7H,2-3H3,(H,17,18)(H2,15,16,19). The van der Waals surface area contributed by atoms with Gasteiger partial charge in [-0.15, -0.1) is 6.42 Å². The Labute approximate surface area is 119 Å². The number of hydrogen-bond acceptors (Lipinski definition) is 2. The third-order valence-corrected chi connectivity index (χ3v) is 2.74. The van der Waals surface area contributed by atoms with Gasteiger partial charge in [0.15, 0.2) is 0 Å². The lowest BCUT2D eigenvalue weighted by atomic mass is 10.1. The molecule has 3 N–H and O–H groups in total. The van der Waals surface area contributed by atoms with E-state index in [0.29, 0.717) is 4.47 Å². The summed E-state index contributed by atoms with van der Waals surface area (Å²) < 4.78 is 0.611. The number of terminal acetylenes is 1. The first-order valence-corrected chi connectivity index (χ1v) is 6.14. The van der Waals surface area contributed by atoms with Crippen LogP contribution in [0, 0.1) is 12.3 Å². The molecular weight excluding hydrogens is 312 g/mol. The fraction of sp³-hybridized carbons (Fsp3) is 0.231. The molecule has 0 saturated heterocycles. The van der Waals surface area contributed by atoms with Crippen molar-refractivity contribution in [3.8, 4) is 12.3 Å². The van der Waals surface area contributed by atoms with Crippen molar-refractivity contribution < 1.29 is 14.7 Å². The van der Waals surface area contributed by atoms with Gasteiger partial charge in [0.05, 0.1) is 16.8 Å². The van der Waals surface area contributed by atoms with Gasteiger partial charge < -0.3 is 15.7 Å². The number of hydrogen-bond donors (Lipinski definition) is 3. The molecule has 0 heterocycles. The predicted molar refractivity (Wildman–Crippen MR) is 76.2 cm³/mol. The largest absolute Gasteiger partial charge is 0.478 e. The lowest BCUT2D eigenvalue weighted by molar-refractivity contribution is 0.0698. The van der Waals surface area contributed by atoms with Crippen LogP contribution in [-0.2, 0) is 0 Å². The predicted octanol–water partition coefficient (Wildman–Crippen LogP) is 2.68. The van der Waals surface area contributed by atoms with Crippen molar-refractivity contribution in [2.75, 3.05) is 5.32 Å². The highest BCUT2D eigenvalue weighted by molar-refractivity contribution is 9.10. The van der Waals surface area contributed by atoms with Crippen molar-refractivity contribution in [3.05, 3.63) is 28.2 Å². The molecule has 0 atom stereocenters. The summed E-state index contributed by atoms with van der Waals surface area (Å²) in [6.07, 6.45) is 5.25. The van der Waals surface area contributed by atoms with E-state index in [-0.39, 0.29) is 11.3 Å². The molecule has 0 radical (unpaired) electrons. The second-order valence-electron chi connectivity index (χ2n) is 4.34. The zero-order chi connectivity index (χ0) is 14.6. The maximum Gasteiger partial charge on any atom is 0.337 e. The Hall–Kier alpha value is -2.00. The number of anilines is 1. The van der Waals surface area contributed by atoms with Crippen LogP contribution in [0.15, 0.2) is 22.7 Å². The number of nitrogens with one attached hydrogen (secondary N) is 2. The van der Waals surface area contributed by atoms with Crippen molar-refractivity contribution in [1.29, 1.82) is 0 Å². The molecule has 0 spiro atoms. The van der Waals surface area contributed by atoms with Gasteiger partial charge in [-0.1, -0.05) is 21.9 Å². The van der Waals surface area contributed by atoms with Crippen molar-refractivity contribution >= 4 is 33.6 Å². The van der Waals surface area contributed by atoms with Crippen LogP contribution in [0.2, 0.25) is 0 Å². The minimum atomic E-state index is -1.13. The average Bonchev–Trinajstić information content (AvgIpc) is 2.30. The van der Waals surface area contributed by atoms with Crippen LogP contribution in [0.5, 0.6) is 0 Å². The summed E-state index contributed by atoms with van der Waals surface area (Å²) in [7, 11) is 0. The molecule has 0 bridgehead atoms. The van der Waals surface area contributed by atoms with Gasteiger partial charge in [-0.3, -0.25) is 0 Å². The molecule has 5 nitrogen and oxygen atoms in total. The molecule has 0 aromatic heterocycles. The van der Waals surface area contributed by atoms with E-state index in [2.05, 4.69) is 32.5 Å².